The van der Waals surface area contributed by atoms with Crippen LogP contribution in [-0.2, 0) is 0 Å². The predicted molar refractivity (Wildman–Crippen MR) is 71.0 cm³/mol. The first-order chi connectivity index (χ1) is 8.11. The number of carbonyl (C=O) groups excluding carboxylic acids is 1. The molecule has 1 rings (SSSR count). The molecule has 0 spiro atoms. The lowest BCUT2D eigenvalue weighted by atomic mass is 10.1. The highest BCUT2D eigenvalue weighted by atomic mass is 32.2. The van der Waals surface area contributed by atoms with Gasteiger partial charge >= 0.3 is 0 Å². The quantitative estimate of drug-likeness (QED) is 0.806. The topological polar surface area (TPSA) is 20.3 Å². The van der Waals surface area contributed by atoms with Crippen LogP contribution in [-0.4, -0.2) is 35.9 Å². The average Bonchev–Trinajstić information content (AvgIpc) is 2.35. The molecule has 0 fully saturated rings. The summed E-state index contributed by atoms with van der Waals surface area (Å²) in [5, 5.41) is 0. The van der Waals surface area contributed by atoms with Gasteiger partial charge in [0.05, 0.1) is 5.56 Å². The van der Waals surface area contributed by atoms with Crippen LogP contribution in [0.1, 0.15) is 23.7 Å². The maximum Gasteiger partial charge on any atom is 0.256 e. The summed E-state index contributed by atoms with van der Waals surface area (Å²) in [6.45, 7) is 2.03. The van der Waals surface area contributed by atoms with Crippen molar-refractivity contribution in [1.82, 2.24) is 4.90 Å². The number of halogens is 1. The van der Waals surface area contributed by atoms with Crippen molar-refractivity contribution in [2.45, 2.75) is 19.4 Å². The molecule has 0 saturated carbocycles. The molecule has 17 heavy (non-hydrogen) atoms. The minimum absolute atomic E-state index is 0.148. The van der Waals surface area contributed by atoms with Gasteiger partial charge in [0.2, 0.25) is 0 Å². The number of hydrogen-bond donors (Lipinski definition) is 0. The van der Waals surface area contributed by atoms with E-state index < -0.39 is 5.82 Å². The standard InChI is InChI=1S/C13H18FNOS/c1-4-10(9-17-3)15(2)13(16)11-7-5-6-8-12(11)14/h5-8,10H,4,9H2,1-3H3. The Kier molecular flexibility index (Phi) is 5.48. The van der Waals surface area contributed by atoms with Crippen LogP contribution in [0.3, 0.4) is 0 Å². The molecular formula is C13H18FNOS. The summed E-state index contributed by atoms with van der Waals surface area (Å²) in [6, 6.07) is 6.26. The van der Waals surface area contributed by atoms with Gasteiger partial charge in [0, 0.05) is 18.8 Å². The Morgan fingerprint density at radius 1 is 1.47 bits per heavy atom. The molecule has 0 aliphatic heterocycles. The monoisotopic (exact) mass is 255 g/mol. The molecule has 0 heterocycles. The van der Waals surface area contributed by atoms with Crippen LogP contribution < -0.4 is 0 Å². The zero-order valence-electron chi connectivity index (χ0n) is 10.4. The van der Waals surface area contributed by atoms with Crippen molar-refractivity contribution in [2.24, 2.45) is 0 Å². The van der Waals surface area contributed by atoms with Crippen molar-refractivity contribution in [3.63, 3.8) is 0 Å². The molecule has 0 saturated heterocycles. The molecule has 0 aromatic heterocycles. The Balaban J connectivity index is 2.85. The first kappa shape index (κ1) is 14.0. The Hall–Kier alpha value is -1.03. The Labute approximate surface area is 106 Å². The minimum atomic E-state index is -0.455. The van der Waals surface area contributed by atoms with Gasteiger partial charge in [0.1, 0.15) is 5.82 Å². The maximum atomic E-state index is 13.5. The molecule has 0 aliphatic carbocycles. The number of benzene rings is 1. The van der Waals surface area contributed by atoms with Gasteiger partial charge in [-0.15, -0.1) is 0 Å². The van der Waals surface area contributed by atoms with E-state index in [-0.39, 0.29) is 17.5 Å². The summed E-state index contributed by atoms with van der Waals surface area (Å²) in [5.74, 6) is 0.167. The molecule has 94 valence electrons. The smallest absolute Gasteiger partial charge is 0.256 e. The largest absolute Gasteiger partial charge is 0.338 e. The van der Waals surface area contributed by atoms with Gasteiger partial charge in [-0.1, -0.05) is 19.1 Å². The van der Waals surface area contributed by atoms with Crippen LogP contribution in [0.25, 0.3) is 0 Å². The normalized spacial score (nSPS) is 12.2. The Bertz CT molecular complexity index is 383. The molecule has 4 heteroatoms. The molecule has 1 atom stereocenters. The number of hydrogen-bond acceptors (Lipinski definition) is 2. The van der Waals surface area contributed by atoms with Gasteiger partial charge in [0.25, 0.3) is 5.91 Å². The Morgan fingerprint density at radius 2 is 2.12 bits per heavy atom. The van der Waals surface area contributed by atoms with Gasteiger partial charge in [-0.2, -0.15) is 11.8 Å². The molecular weight excluding hydrogens is 237 g/mol. The summed E-state index contributed by atoms with van der Waals surface area (Å²) in [5.41, 5.74) is 0.148. The third-order valence-electron chi connectivity index (χ3n) is 2.80. The van der Waals surface area contributed by atoms with E-state index >= 15 is 0 Å². The van der Waals surface area contributed by atoms with Crippen molar-refractivity contribution in [3.05, 3.63) is 35.6 Å². The molecule has 0 N–H and O–H groups in total. The minimum Gasteiger partial charge on any atom is -0.338 e. The van der Waals surface area contributed by atoms with Crippen molar-refractivity contribution < 1.29 is 9.18 Å². The van der Waals surface area contributed by atoms with Crippen LogP contribution in [0.2, 0.25) is 0 Å². The van der Waals surface area contributed by atoms with Crippen molar-refractivity contribution >= 4 is 17.7 Å². The fourth-order valence-corrected chi connectivity index (χ4v) is 2.53. The number of amides is 1. The lowest BCUT2D eigenvalue weighted by molar-refractivity contribution is 0.0739. The van der Waals surface area contributed by atoms with E-state index in [0.717, 1.165) is 12.2 Å². The van der Waals surface area contributed by atoms with E-state index in [1.165, 1.54) is 12.1 Å². The lowest BCUT2D eigenvalue weighted by Gasteiger charge is -2.26. The summed E-state index contributed by atoms with van der Waals surface area (Å²) in [4.78, 5) is 13.8. The number of thioether (sulfide) groups is 1. The molecule has 1 aromatic rings. The van der Waals surface area contributed by atoms with Crippen LogP contribution in [0, 0.1) is 5.82 Å². The second kappa shape index (κ2) is 6.64. The highest BCUT2D eigenvalue weighted by Crippen LogP contribution is 2.14. The third kappa shape index (κ3) is 3.46. The summed E-state index contributed by atoms with van der Waals surface area (Å²) in [7, 11) is 1.74. The average molecular weight is 255 g/mol. The second-order valence-corrected chi connectivity index (χ2v) is 4.82. The van der Waals surface area contributed by atoms with E-state index in [2.05, 4.69) is 0 Å². The van der Waals surface area contributed by atoms with Gasteiger partial charge in [-0.25, -0.2) is 4.39 Å². The summed E-state index contributed by atoms with van der Waals surface area (Å²) < 4.78 is 13.5. The van der Waals surface area contributed by atoms with Gasteiger partial charge in [0.15, 0.2) is 0 Å². The van der Waals surface area contributed by atoms with Crippen LogP contribution >= 0.6 is 11.8 Å². The van der Waals surface area contributed by atoms with E-state index in [1.54, 1.807) is 35.8 Å². The molecule has 1 aromatic carbocycles. The van der Waals surface area contributed by atoms with Crippen LogP contribution in [0.5, 0.6) is 0 Å². The molecule has 1 amide bonds. The van der Waals surface area contributed by atoms with E-state index in [0.29, 0.717) is 0 Å². The van der Waals surface area contributed by atoms with E-state index in [9.17, 15) is 9.18 Å². The highest BCUT2D eigenvalue weighted by Gasteiger charge is 2.21. The number of carbonyl (C=O) groups is 1. The summed E-state index contributed by atoms with van der Waals surface area (Å²) >= 11 is 1.69. The molecule has 0 aliphatic rings. The number of rotatable bonds is 5. The van der Waals surface area contributed by atoms with Crippen molar-refractivity contribution in [2.75, 3.05) is 19.1 Å². The Morgan fingerprint density at radius 3 is 2.65 bits per heavy atom. The van der Waals surface area contributed by atoms with Gasteiger partial charge in [-0.3, -0.25) is 4.79 Å². The molecule has 0 radical (unpaired) electrons. The fourth-order valence-electron chi connectivity index (χ4n) is 1.69. The first-order valence-electron chi connectivity index (χ1n) is 5.62. The third-order valence-corrected chi connectivity index (χ3v) is 3.52. The first-order valence-corrected chi connectivity index (χ1v) is 7.01. The molecule has 1 unspecified atom stereocenters. The highest BCUT2D eigenvalue weighted by molar-refractivity contribution is 7.98. The molecule has 2 nitrogen and oxygen atoms in total. The fraction of sp³-hybridized carbons (Fsp3) is 0.462. The van der Waals surface area contributed by atoms with Crippen molar-refractivity contribution in [3.8, 4) is 0 Å². The van der Waals surface area contributed by atoms with Crippen molar-refractivity contribution in [1.29, 1.82) is 0 Å². The van der Waals surface area contributed by atoms with E-state index in [4.69, 9.17) is 0 Å². The zero-order chi connectivity index (χ0) is 12.8. The van der Waals surface area contributed by atoms with E-state index in [1.807, 2.05) is 13.2 Å². The van der Waals surface area contributed by atoms with Gasteiger partial charge < -0.3 is 4.90 Å². The second-order valence-electron chi connectivity index (χ2n) is 3.91. The van der Waals surface area contributed by atoms with Crippen LogP contribution in [0.4, 0.5) is 4.39 Å². The number of nitrogens with zero attached hydrogens (tertiary/aromatic N) is 1. The maximum absolute atomic E-state index is 13.5. The SMILES string of the molecule is CCC(CSC)N(C)C(=O)c1ccccc1F. The lowest BCUT2D eigenvalue weighted by Crippen LogP contribution is -2.38. The van der Waals surface area contributed by atoms with Gasteiger partial charge in [-0.05, 0) is 24.8 Å². The predicted octanol–water partition coefficient (Wildman–Crippen LogP) is 3.04. The zero-order valence-corrected chi connectivity index (χ0v) is 11.3. The summed E-state index contributed by atoms with van der Waals surface area (Å²) in [6.07, 6.45) is 2.88. The van der Waals surface area contributed by atoms with Crippen LogP contribution in [0.15, 0.2) is 24.3 Å². The molecule has 0 bridgehead atoms.